The summed E-state index contributed by atoms with van der Waals surface area (Å²) in [6, 6.07) is 7.03. The van der Waals surface area contributed by atoms with Crippen molar-refractivity contribution in [1.82, 2.24) is 14.3 Å². The number of rotatable bonds is 6. The highest BCUT2D eigenvalue weighted by atomic mass is 32.2. The molecule has 0 aliphatic carbocycles. The topological polar surface area (TPSA) is 75.2 Å². The fraction of sp³-hybridized carbons (Fsp3) is 0.286. The van der Waals surface area contributed by atoms with Crippen molar-refractivity contribution in [3.63, 3.8) is 0 Å². The van der Waals surface area contributed by atoms with Gasteiger partial charge in [0.15, 0.2) is 5.03 Å². The lowest BCUT2D eigenvalue weighted by atomic mass is 10.3. The largest absolute Gasteiger partial charge is 0.383 e. The Hall–Kier alpha value is -1.99. The van der Waals surface area contributed by atoms with Gasteiger partial charge in [-0.1, -0.05) is 6.07 Å². The molecular weight excluding hydrogens is 288 g/mol. The molecule has 0 saturated heterocycles. The van der Waals surface area contributed by atoms with Crippen LogP contribution in [0.25, 0.3) is 0 Å². The first-order chi connectivity index (χ1) is 10.1. The molecule has 0 bridgehead atoms. The molecule has 2 heterocycles. The van der Waals surface area contributed by atoms with E-state index in [1.54, 1.807) is 30.6 Å². The molecule has 0 saturated carbocycles. The van der Waals surface area contributed by atoms with Crippen molar-refractivity contribution in [3.05, 3.63) is 48.4 Å². The summed E-state index contributed by atoms with van der Waals surface area (Å²) in [5.74, 6) is 0. The Balaban J connectivity index is 2.29. The Bertz CT molecular complexity index is 689. The first-order valence-electron chi connectivity index (χ1n) is 6.60. The lowest BCUT2D eigenvalue weighted by molar-refractivity contribution is 0.463. The summed E-state index contributed by atoms with van der Waals surface area (Å²) >= 11 is 0. The van der Waals surface area contributed by atoms with Gasteiger partial charge < -0.3 is 5.32 Å². The number of anilines is 1. The lowest BCUT2D eigenvalue weighted by Gasteiger charge is -2.18. The Kier molecular flexibility index (Phi) is 4.87. The number of hydrogen-bond acceptors (Lipinski definition) is 5. The third kappa shape index (κ3) is 3.56. The highest BCUT2D eigenvalue weighted by Gasteiger charge is 2.25. The molecule has 7 heteroatoms. The van der Waals surface area contributed by atoms with Crippen LogP contribution in [0.1, 0.15) is 12.5 Å². The first kappa shape index (κ1) is 15.4. The van der Waals surface area contributed by atoms with Crippen molar-refractivity contribution in [2.75, 3.05) is 18.9 Å². The van der Waals surface area contributed by atoms with Crippen LogP contribution >= 0.6 is 0 Å². The average molecular weight is 306 g/mol. The van der Waals surface area contributed by atoms with Crippen molar-refractivity contribution in [2.24, 2.45) is 0 Å². The summed E-state index contributed by atoms with van der Waals surface area (Å²) in [5.41, 5.74) is 1.34. The van der Waals surface area contributed by atoms with E-state index in [-0.39, 0.29) is 11.6 Å². The van der Waals surface area contributed by atoms with Crippen LogP contribution in [0, 0.1) is 0 Å². The van der Waals surface area contributed by atoms with Gasteiger partial charge in [0.2, 0.25) is 0 Å². The molecule has 0 amide bonds. The molecule has 2 aromatic rings. The van der Waals surface area contributed by atoms with Crippen molar-refractivity contribution in [2.45, 2.75) is 18.5 Å². The Morgan fingerprint density at radius 3 is 2.67 bits per heavy atom. The number of pyridine rings is 2. The summed E-state index contributed by atoms with van der Waals surface area (Å²) in [4.78, 5) is 8.01. The zero-order valence-corrected chi connectivity index (χ0v) is 12.8. The second-order valence-electron chi connectivity index (χ2n) is 4.51. The van der Waals surface area contributed by atoms with Gasteiger partial charge in [0, 0.05) is 38.7 Å². The molecule has 0 aromatic carbocycles. The van der Waals surface area contributed by atoms with Crippen LogP contribution in [0.4, 0.5) is 5.69 Å². The second-order valence-corrected chi connectivity index (χ2v) is 6.47. The highest BCUT2D eigenvalue weighted by Crippen LogP contribution is 2.22. The van der Waals surface area contributed by atoms with E-state index in [1.165, 1.54) is 17.5 Å². The summed E-state index contributed by atoms with van der Waals surface area (Å²) < 4.78 is 26.5. The van der Waals surface area contributed by atoms with Crippen LogP contribution in [0.2, 0.25) is 0 Å². The maximum atomic E-state index is 12.6. The molecule has 0 radical (unpaired) electrons. The summed E-state index contributed by atoms with van der Waals surface area (Å²) in [6.45, 7) is 2.78. The van der Waals surface area contributed by atoms with Crippen molar-refractivity contribution < 1.29 is 8.42 Å². The Morgan fingerprint density at radius 2 is 2.00 bits per heavy atom. The zero-order chi connectivity index (χ0) is 15.3. The highest BCUT2D eigenvalue weighted by molar-refractivity contribution is 7.89. The minimum atomic E-state index is -3.66. The molecule has 0 spiro atoms. The van der Waals surface area contributed by atoms with Gasteiger partial charge in [-0.15, -0.1) is 0 Å². The van der Waals surface area contributed by atoms with Crippen molar-refractivity contribution >= 4 is 15.7 Å². The zero-order valence-electron chi connectivity index (χ0n) is 12.0. The standard InChI is InChI=1S/C14H18N4O2S/c1-3-16-13-7-5-9-17-14(13)21(19,20)18(2)11-12-6-4-8-15-10-12/h4-10,16H,3,11H2,1-2H3. The average Bonchev–Trinajstić information content (AvgIpc) is 2.49. The quantitative estimate of drug-likeness (QED) is 0.879. The van der Waals surface area contributed by atoms with E-state index in [0.29, 0.717) is 12.2 Å². The number of sulfonamides is 1. The Morgan fingerprint density at radius 1 is 1.24 bits per heavy atom. The SMILES string of the molecule is CCNc1cccnc1S(=O)(=O)N(C)Cc1cccnc1. The van der Waals surface area contributed by atoms with Gasteiger partial charge in [0.25, 0.3) is 10.0 Å². The first-order valence-corrected chi connectivity index (χ1v) is 8.04. The smallest absolute Gasteiger partial charge is 0.262 e. The molecule has 21 heavy (non-hydrogen) atoms. The molecule has 1 N–H and O–H groups in total. The number of hydrogen-bond donors (Lipinski definition) is 1. The predicted octanol–water partition coefficient (Wildman–Crippen LogP) is 1.73. The van der Waals surface area contributed by atoms with Gasteiger partial charge in [0.05, 0.1) is 5.69 Å². The van der Waals surface area contributed by atoms with Gasteiger partial charge in [-0.25, -0.2) is 13.4 Å². The van der Waals surface area contributed by atoms with E-state index in [2.05, 4.69) is 15.3 Å². The normalized spacial score (nSPS) is 11.6. The summed E-state index contributed by atoms with van der Waals surface area (Å²) in [5, 5.41) is 3.06. The van der Waals surface area contributed by atoms with Crippen molar-refractivity contribution in [1.29, 1.82) is 0 Å². The third-order valence-corrected chi connectivity index (χ3v) is 4.68. The van der Waals surface area contributed by atoms with Gasteiger partial charge in [-0.2, -0.15) is 4.31 Å². The van der Waals surface area contributed by atoms with E-state index in [9.17, 15) is 8.42 Å². The van der Waals surface area contributed by atoms with E-state index >= 15 is 0 Å². The van der Waals surface area contributed by atoms with Gasteiger partial charge in [0.1, 0.15) is 0 Å². The molecule has 112 valence electrons. The second kappa shape index (κ2) is 6.64. The minimum absolute atomic E-state index is 0.0400. The third-order valence-electron chi connectivity index (χ3n) is 2.92. The lowest BCUT2D eigenvalue weighted by Crippen LogP contribution is -2.28. The molecule has 2 aromatic heterocycles. The predicted molar refractivity (Wildman–Crippen MR) is 81.3 cm³/mol. The van der Waals surface area contributed by atoms with Crippen LogP contribution in [0.3, 0.4) is 0 Å². The van der Waals surface area contributed by atoms with Crippen LogP contribution < -0.4 is 5.32 Å². The van der Waals surface area contributed by atoms with E-state index in [0.717, 1.165) is 5.56 Å². The molecule has 2 rings (SSSR count). The van der Waals surface area contributed by atoms with Gasteiger partial charge in [-0.3, -0.25) is 4.98 Å². The summed E-state index contributed by atoms with van der Waals surface area (Å²) in [6.07, 6.45) is 4.78. The molecule has 0 atom stereocenters. The molecule has 0 unspecified atom stereocenters. The molecule has 0 aliphatic rings. The van der Waals surface area contributed by atoms with E-state index in [4.69, 9.17) is 0 Å². The number of nitrogens with one attached hydrogen (secondary N) is 1. The molecule has 0 aliphatic heterocycles. The van der Waals surface area contributed by atoms with Crippen molar-refractivity contribution in [3.8, 4) is 0 Å². The molecule has 0 fully saturated rings. The fourth-order valence-electron chi connectivity index (χ4n) is 1.90. The van der Waals surface area contributed by atoms with Crippen LogP contribution in [0.5, 0.6) is 0 Å². The molecular formula is C14H18N4O2S. The van der Waals surface area contributed by atoms with Crippen LogP contribution in [-0.2, 0) is 16.6 Å². The van der Waals surface area contributed by atoms with E-state index < -0.39 is 10.0 Å². The fourth-order valence-corrected chi connectivity index (χ4v) is 3.13. The van der Waals surface area contributed by atoms with Gasteiger partial charge >= 0.3 is 0 Å². The minimum Gasteiger partial charge on any atom is -0.383 e. The monoisotopic (exact) mass is 306 g/mol. The maximum Gasteiger partial charge on any atom is 0.262 e. The number of nitrogens with zero attached hydrogens (tertiary/aromatic N) is 3. The van der Waals surface area contributed by atoms with Gasteiger partial charge in [-0.05, 0) is 30.7 Å². The van der Waals surface area contributed by atoms with Crippen LogP contribution in [0.15, 0.2) is 47.9 Å². The number of aromatic nitrogens is 2. The Labute approximate surface area is 124 Å². The molecule has 6 nitrogen and oxygen atoms in total. The van der Waals surface area contributed by atoms with E-state index in [1.807, 2.05) is 13.0 Å². The van der Waals surface area contributed by atoms with Crippen LogP contribution in [-0.4, -0.2) is 36.3 Å². The summed E-state index contributed by atoms with van der Waals surface area (Å²) in [7, 11) is -2.12. The maximum absolute atomic E-state index is 12.6.